The predicted octanol–water partition coefficient (Wildman–Crippen LogP) is 2.65. The lowest BCUT2D eigenvalue weighted by Gasteiger charge is -2.31. The molecule has 0 N–H and O–H groups in total. The molecule has 0 aliphatic carbocycles. The quantitative estimate of drug-likeness (QED) is 0.866. The first-order chi connectivity index (χ1) is 10.9. The van der Waals surface area contributed by atoms with Gasteiger partial charge >= 0.3 is 0 Å². The fourth-order valence-corrected chi connectivity index (χ4v) is 3.91. The highest BCUT2D eigenvalue weighted by Gasteiger charge is 2.32. The van der Waals surface area contributed by atoms with Gasteiger partial charge in [0.2, 0.25) is 10.0 Å². The average molecular weight is 333 g/mol. The summed E-state index contributed by atoms with van der Waals surface area (Å²) in [5.41, 5.74) is 2.35. The number of fused-ring (bicyclic) bond motifs is 2. The van der Waals surface area contributed by atoms with Crippen molar-refractivity contribution >= 4 is 26.4 Å². The largest absolute Gasteiger partial charge is 0.496 e. The highest BCUT2D eigenvalue weighted by atomic mass is 32.2. The molecule has 5 nitrogen and oxygen atoms in total. The summed E-state index contributed by atoms with van der Waals surface area (Å²) in [6.45, 7) is 4.57. The van der Waals surface area contributed by atoms with Crippen LogP contribution in [-0.4, -0.2) is 39.7 Å². The minimum atomic E-state index is -3.32. The molecule has 0 saturated heterocycles. The number of ether oxygens (including phenoxy) is 2. The first kappa shape index (κ1) is 15.8. The van der Waals surface area contributed by atoms with Gasteiger partial charge in [-0.2, -0.15) is 4.31 Å². The molecule has 1 aliphatic rings. The van der Waals surface area contributed by atoms with Crippen molar-refractivity contribution in [3.63, 3.8) is 0 Å². The van der Waals surface area contributed by atoms with E-state index in [-0.39, 0.29) is 13.1 Å². The molecule has 122 valence electrons. The van der Waals surface area contributed by atoms with Gasteiger partial charge in [0.1, 0.15) is 11.5 Å². The van der Waals surface area contributed by atoms with Crippen LogP contribution in [-0.2, 0) is 16.6 Å². The molecule has 0 unspecified atom stereocenters. The Morgan fingerprint density at radius 3 is 2.13 bits per heavy atom. The summed E-state index contributed by atoms with van der Waals surface area (Å²) in [6, 6.07) is 7.76. The van der Waals surface area contributed by atoms with Crippen molar-refractivity contribution in [3.8, 4) is 11.5 Å². The van der Waals surface area contributed by atoms with Crippen molar-refractivity contribution in [1.29, 1.82) is 0 Å². The summed E-state index contributed by atoms with van der Waals surface area (Å²) in [6.07, 6.45) is 1.20. The third kappa shape index (κ3) is 2.48. The summed E-state index contributed by atoms with van der Waals surface area (Å²) < 4.78 is 36.6. The summed E-state index contributed by atoms with van der Waals surface area (Å²) >= 11 is 0. The van der Waals surface area contributed by atoms with Crippen molar-refractivity contribution < 1.29 is 17.9 Å². The van der Waals surface area contributed by atoms with Crippen molar-refractivity contribution in [2.75, 3.05) is 27.0 Å². The fraction of sp³-hybridized carbons (Fsp3) is 0.294. The van der Waals surface area contributed by atoms with Gasteiger partial charge < -0.3 is 9.47 Å². The lowest BCUT2D eigenvalue weighted by Crippen LogP contribution is -2.34. The Bertz CT molecular complexity index is 902. The Morgan fingerprint density at radius 2 is 1.61 bits per heavy atom. The van der Waals surface area contributed by atoms with Gasteiger partial charge in [0.25, 0.3) is 0 Å². The fourth-order valence-electron chi connectivity index (χ4n) is 3.16. The van der Waals surface area contributed by atoms with Crippen LogP contribution >= 0.6 is 0 Å². The van der Waals surface area contributed by atoms with Crippen molar-refractivity contribution in [2.45, 2.75) is 6.54 Å². The van der Waals surface area contributed by atoms with Gasteiger partial charge in [-0.25, -0.2) is 8.42 Å². The van der Waals surface area contributed by atoms with E-state index < -0.39 is 10.0 Å². The van der Waals surface area contributed by atoms with E-state index in [9.17, 15) is 8.42 Å². The molecule has 3 rings (SSSR count). The van der Waals surface area contributed by atoms with E-state index in [1.54, 1.807) is 14.2 Å². The summed E-state index contributed by atoms with van der Waals surface area (Å²) in [4.78, 5) is 0. The Morgan fingerprint density at radius 1 is 1.04 bits per heavy atom. The van der Waals surface area contributed by atoms with Crippen LogP contribution in [0.5, 0.6) is 11.5 Å². The molecule has 1 aliphatic heterocycles. The summed E-state index contributed by atoms with van der Waals surface area (Å²) in [5, 5.41) is 1.83. The average Bonchev–Trinajstić information content (AvgIpc) is 2.51. The summed E-state index contributed by atoms with van der Waals surface area (Å²) in [5.74, 6) is 1.39. The summed E-state index contributed by atoms with van der Waals surface area (Å²) in [7, 11) is -0.113. The molecule has 2 aromatic rings. The molecular weight excluding hydrogens is 314 g/mol. The number of nitrogens with zero attached hydrogens (tertiary/aromatic N) is 1. The molecule has 0 amide bonds. The predicted molar refractivity (Wildman–Crippen MR) is 91.3 cm³/mol. The highest BCUT2D eigenvalue weighted by Crippen LogP contribution is 2.46. The molecule has 0 radical (unpaired) electrons. The Kier molecular flexibility index (Phi) is 3.82. The highest BCUT2D eigenvalue weighted by molar-refractivity contribution is 7.88. The molecule has 0 atom stereocenters. The zero-order valence-electron chi connectivity index (χ0n) is 13.4. The number of benzene rings is 2. The molecule has 0 spiro atoms. The smallest absolute Gasteiger partial charge is 0.211 e. The van der Waals surface area contributed by atoms with E-state index in [2.05, 4.69) is 6.58 Å². The number of rotatable bonds is 3. The molecular formula is C17H19NO4S. The van der Waals surface area contributed by atoms with Crippen LogP contribution in [0.25, 0.3) is 16.3 Å². The maximum absolute atomic E-state index is 12.0. The molecule has 0 fully saturated rings. The van der Waals surface area contributed by atoms with Gasteiger partial charge in [-0.3, -0.25) is 0 Å². The maximum Gasteiger partial charge on any atom is 0.211 e. The van der Waals surface area contributed by atoms with E-state index in [0.29, 0.717) is 11.3 Å². The van der Waals surface area contributed by atoms with Gasteiger partial charge in [-0.1, -0.05) is 30.8 Å². The molecule has 6 heteroatoms. The van der Waals surface area contributed by atoms with E-state index in [1.165, 1.54) is 10.6 Å². The van der Waals surface area contributed by atoms with Crippen LogP contribution in [0.15, 0.2) is 30.8 Å². The molecule has 0 saturated carbocycles. The van der Waals surface area contributed by atoms with E-state index in [4.69, 9.17) is 9.47 Å². The van der Waals surface area contributed by atoms with Crippen molar-refractivity contribution in [3.05, 3.63) is 42.0 Å². The topological polar surface area (TPSA) is 55.8 Å². The van der Waals surface area contributed by atoms with Crippen molar-refractivity contribution in [1.82, 2.24) is 4.31 Å². The lowest BCUT2D eigenvalue weighted by molar-refractivity contribution is 0.383. The number of hydrogen-bond donors (Lipinski definition) is 0. The minimum Gasteiger partial charge on any atom is -0.496 e. The van der Waals surface area contributed by atoms with Gasteiger partial charge in [-0.05, 0) is 5.57 Å². The second kappa shape index (κ2) is 5.54. The van der Waals surface area contributed by atoms with Crippen molar-refractivity contribution in [2.24, 2.45) is 0 Å². The number of hydrogen-bond acceptors (Lipinski definition) is 4. The van der Waals surface area contributed by atoms with Crippen LogP contribution in [0.3, 0.4) is 0 Å². The Hall–Kier alpha value is -2.05. The lowest BCUT2D eigenvalue weighted by atomic mass is 9.91. The molecule has 23 heavy (non-hydrogen) atoms. The van der Waals surface area contributed by atoms with E-state index in [1.807, 2.05) is 24.3 Å². The van der Waals surface area contributed by atoms with Crippen LogP contribution in [0.4, 0.5) is 0 Å². The first-order valence-electron chi connectivity index (χ1n) is 7.17. The first-order valence-corrected chi connectivity index (χ1v) is 9.02. The maximum atomic E-state index is 12.0. The zero-order valence-corrected chi connectivity index (χ0v) is 14.2. The van der Waals surface area contributed by atoms with Crippen LogP contribution in [0.2, 0.25) is 0 Å². The SMILES string of the molecule is C=C1CN(S(C)(=O)=O)Cc2c1c(OC)c1ccccc1c2OC. The molecule has 2 aromatic carbocycles. The van der Waals surface area contributed by atoms with Crippen LogP contribution in [0, 0.1) is 0 Å². The second-order valence-corrected chi connectivity index (χ2v) is 7.58. The van der Waals surface area contributed by atoms with Gasteiger partial charge in [0.15, 0.2) is 0 Å². The molecule has 1 heterocycles. The third-order valence-corrected chi connectivity index (χ3v) is 5.35. The number of methoxy groups -OCH3 is 2. The van der Waals surface area contributed by atoms with Crippen LogP contribution in [0.1, 0.15) is 11.1 Å². The Labute approximate surface area is 136 Å². The normalized spacial score (nSPS) is 15.5. The monoisotopic (exact) mass is 333 g/mol. The van der Waals surface area contributed by atoms with E-state index >= 15 is 0 Å². The number of sulfonamides is 1. The minimum absolute atomic E-state index is 0.248. The van der Waals surface area contributed by atoms with E-state index in [0.717, 1.165) is 27.6 Å². The second-order valence-electron chi connectivity index (χ2n) is 5.60. The van der Waals surface area contributed by atoms with Gasteiger partial charge in [0, 0.05) is 35.0 Å². The standard InChI is InChI=1S/C17H19NO4S/c1-11-9-18(23(4,19)20)10-14-15(11)17(22-3)13-8-6-5-7-12(13)16(14)21-2/h5-8H,1,9-10H2,2-4H3. The third-order valence-electron chi connectivity index (χ3n) is 4.15. The molecule has 0 aromatic heterocycles. The Balaban J connectivity index is 2.38. The zero-order chi connectivity index (χ0) is 16.8. The molecule has 0 bridgehead atoms. The van der Waals surface area contributed by atoms with Gasteiger partial charge in [0.05, 0.1) is 20.5 Å². The van der Waals surface area contributed by atoms with Crippen LogP contribution < -0.4 is 9.47 Å². The van der Waals surface area contributed by atoms with Gasteiger partial charge in [-0.15, -0.1) is 0 Å².